The lowest BCUT2D eigenvalue weighted by molar-refractivity contribution is -0.0918. The SMILES string of the molecule is O[C@@H]1C[C@H]2OCCN[C@@H]2C[C@H]1N1CCC(c2ccccc2)CC1. The van der Waals surface area contributed by atoms with E-state index in [0.717, 1.165) is 39.1 Å². The van der Waals surface area contributed by atoms with Gasteiger partial charge in [0.1, 0.15) is 0 Å². The molecular weight excluding hydrogens is 288 g/mol. The van der Waals surface area contributed by atoms with Crippen LogP contribution in [0.3, 0.4) is 0 Å². The minimum atomic E-state index is -0.246. The van der Waals surface area contributed by atoms with Crippen LogP contribution in [0.25, 0.3) is 0 Å². The van der Waals surface area contributed by atoms with Gasteiger partial charge in [-0.15, -0.1) is 0 Å². The highest BCUT2D eigenvalue weighted by molar-refractivity contribution is 5.20. The zero-order valence-corrected chi connectivity index (χ0v) is 13.7. The van der Waals surface area contributed by atoms with Crippen molar-refractivity contribution in [2.24, 2.45) is 0 Å². The Bertz CT molecular complexity index is 501. The van der Waals surface area contributed by atoms with Gasteiger partial charge >= 0.3 is 0 Å². The van der Waals surface area contributed by atoms with Gasteiger partial charge in [-0.05, 0) is 43.8 Å². The molecule has 0 aromatic heterocycles. The summed E-state index contributed by atoms with van der Waals surface area (Å²) < 4.78 is 5.82. The second kappa shape index (κ2) is 6.89. The summed E-state index contributed by atoms with van der Waals surface area (Å²) in [5, 5.41) is 14.2. The first-order valence-corrected chi connectivity index (χ1v) is 9.13. The molecule has 1 aromatic carbocycles. The highest BCUT2D eigenvalue weighted by Gasteiger charge is 2.41. The Morgan fingerprint density at radius 3 is 2.65 bits per heavy atom. The molecule has 3 aliphatic rings. The lowest BCUT2D eigenvalue weighted by Gasteiger charge is -2.47. The molecule has 4 heteroatoms. The van der Waals surface area contributed by atoms with Crippen molar-refractivity contribution in [2.45, 2.75) is 55.9 Å². The molecule has 2 N–H and O–H groups in total. The first-order chi connectivity index (χ1) is 11.3. The summed E-state index contributed by atoms with van der Waals surface area (Å²) in [7, 11) is 0. The van der Waals surface area contributed by atoms with Gasteiger partial charge in [-0.25, -0.2) is 0 Å². The van der Waals surface area contributed by atoms with Gasteiger partial charge < -0.3 is 15.2 Å². The van der Waals surface area contributed by atoms with Crippen LogP contribution in [-0.2, 0) is 4.74 Å². The summed E-state index contributed by atoms with van der Waals surface area (Å²) in [6.45, 7) is 3.92. The number of benzene rings is 1. The predicted molar refractivity (Wildman–Crippen MR) is 90.5 cm³/mol. The molecule has 4 nitrogen and oxygen atoms in total. The second-order valence-electron chi connectivity index (χ2n) is 7.30. The molecule has 4 rings (SSSR count). The summed E-state index contributed by atoms with van der Waals surface area (Å²) in [4.78, 5) is 2.52. The second-order valence-corrected chi connectivity index (χ2v) is 7.30. The van der Waals surface area contributed by atoms with Crippen LogP contribution in [-0.4, -0.2) is 60.5 Å². The number of hydrogen-bond donors (Lipinski definition) is 2. The largest absolute Gasteiger partial charge is 0.391 e. The molecule has 1 aromatic rings. The molecule has 0 bridgehead atoms. The number of aliphatic hydroxyl groups excluding tert-OH is 1. The molecule has 2 aliphatic heterocycles. The molecule has 23 heavy (non-hydrogen) atoms. The fourth-order valence-electron chi connectivity index (χ4n) is 4.66. The van der Waals surface area contributed by atoms with E-state index in [9.17, 15) is 5.11 Å². The van der Waals surface area contributed by atoms with Crippen LogP contribution in [0.2, 0.25) is 0 Å². The minimum Gasteiger partial charge on any atom is -0.391 e. The third kappa shape index (κ3) is 3.31. The molecule has 2 saturated heterocycles. The van der Waals surface area contributed by atoms with E-state index in [1.54, 1.807) is 0 Å². The van der Waals surface area contributed by atoms with E-state index in [2.05, 4.69) is 40.5 Å². The first kappa shape index (κ1) is 15.6. The Morgan fingerprint density at radius 2 is 1.87 bits per heavy atom. The Labute approximate surface area is 138 Å². The molecule has 0 radical (unpaired) electrons. The maximum Gasteiger partial charge on any atom is 0.0754 e. The van der Waals surface area contributed by atoms with E-state index < -0.39 is 0 Å². The average molecular weight is 316 g/mol. The van der Waals surface area contributed by atoms with E-state index in [0.29, 0.717) is 18.0 Å². The van der Waals surface area contributed by atoms with Crippen LogP contribution in [0.4, 0.5) is 0 Å². The molecule has 0 unspecified atom stereocenters. The van der Waals surface area contributed by atoms with Crippen LogP contribution in [0.1, 0.15) is 37.2 Å². The Kier molecular flexibility index (Phi) is 4.67. The Balaban J connectivity index is 1.36. The third-order valence-electron chi connectivity index (χ3n) is 5.97. The van der Waals surface area contributed by atoms with Gasteiger partial charge in [0.15, 0.2) is 0 Å². The molecular formula is C19H28N2O2. The van der Waals surface area contributed by atoms with Crippen molar-refractivity contribution >= 4 is 0 Å². The molecule has 1 saturated carbocycles. The smallest absolute Gasteiger partial charge is 0.0754 e. The number of aliphatic hydroxyl groups is 1. The van der Waals surface area contributed by atoms with E-state index in [1.165, 1.54) is 18.4 Å². The van der Waals surface area contributed by atoms with Crippen LogP contribution >= 0.6 is 0 Å². The minimum absolute atomic E-state index is 0.205. The lowest BCUT2D eigenvalue weighted by atomic mass is 9.82. The van der Waals surface area contributed by atoms with Crippen molar-refractivity contribution in [1.82, 2.24) is 10.2 Å². The number of fused-ring (bicyclic) bond motifs is 1. The molecule has 126 valence electrons. The first-order valence-electron chi connectivity index (χ1n) is 9.13. The quantitative estimate of drug-likeness (QED) is 0.872. The number of nitrogens with zero attached hydrogens (tertiary/aromatic N) is 1. The van der Waals surface area contributed by atoms with Crippen molar-refractivity contribution in [3.63, 3.8) is 0 Å². The zero-order valence-electron chi connectivity index (χ0n) is 13.7. The number of nitrogens with one attached hydrogen (secondary N) is 1. The number of hydrogen-bond acceptors (Lipinski definition) is 4. The molecule has 0 spiro atoms. The van der Waals surface area contributed by atoms with Crippen LogP contribution in [0, 0.1) is 0 Å². The van der Waals surface area contributed by atoms with Crippen LogP contribution in [0.5, 0.6) is 0 Å². The van der Waals surface area contributed by atoms with Crippen LogP contribution < -0.4 is 5.32 Å². The van der Waals surface area contributed by atoms with E-state index in [-0.39, 0.29) is 12.2 Å². The lowest BCUT2D eigenvalue weighted by Crippen LogP contribution is -2.60. The fraction of sp³-hybridized carbons (Fsp3) is 0.684. The Hall–Kier alpha value is -0.940. The number of ether oxygens (including phenoxy) is 1. The maximum atomic E-state index is 10.6. The summed E-state index contributed by atoms with van der Waals surface area (Å²) in [6, 6.07) is 11.6. The normalized spacial score (nSPS) is 36.6. The summed E-state index contributed by atoms with van der Waals surface area (Å²) in [6.07, 6.45) is 4.15. The van der Waals surface area contributed by atoms with Crippen LogP contribution in [0.15, 0.2) is 30.3 Å². The molecule has 2 heterocycles. The van der Waals surface area contributed by atoms with Gasteiger partial charge in [-0.1, -0.05) is 30.3 Å². The fourth-order valence-corrected chi connectivity index (χ4v) is 4.66. The van der Waals surface area contributed by atoms with Crippen molar-refractivity contribution in [2.75, 3.05) is 26.2 Å². The van der Waals surface area contributed by atoms with E-state index in [4.69, 9.17) is 4.74 Å². The van der Waals surface area contributed by atoms with Crippen molar-refractivity contribution < 1.29 is 9.84 Å². The Morgan fingerprint density at radius 1 is 1.09 bits per heavy atom. The summed E-state index contributed by atoms with van der Waals surface area (Å²) in [5.74, 6) is 0.678. The highest BCUT2D eigenvalue weighted by Crippen LogP contribution is 2.33. The van der Waals surface area contributed by atoms with E-state index >= 15 is 0 Å². The monoisotopic (exact) mass is 316 g/mol. The number of morpholine rings is 1. The van der Waals surface area contributed by atoms with Gasteiger partial charge in [0, 0.05) is 25.0 Å². The van der Waals surface area contributed by atoms with Gasteiger partial charge in [0.05, 0.1) is 18.8 Å². The number of likely N-dealkylation sites (tertiary alicyclic amines) is 1. The van der Waals surface area contributed by atoms with Crippen molar-refractivity contribution in [1.29, 1.82) is 0 Å². The van der Waals surface area contributed by atoms with Gasteiger partial charge in [0.2, 0.25) is 0 Å². The number of piperidine rings is 1. The van der Waals surface area contributed by atoms with Gasteiger partial charge in [0.25, 0.3) is 0 Å². The molecule has 3 fully saturated rings. The van der Waals surface area contributed by atoms with Crippen molar-refractivity contribution in [3.05, 3.63) is 35.9 Å². The maximum absolute atomic E-state index is 10.6. The number of rotatable bonds is 2. The van der Waals surface area contributed by atoms with Gasteiger partial charge in [-0.2, -0.15) is 0 Å². The highest BCUT2D eigenvalue weighted by atomic mass is 16.5. The predicted octanol–water partition coefficient (Wildman–Crippen LogP) is 1.75. The summed E-state index contributed by atoms with van der Waals surface area (Å²) >= 11 is 0. The molecule has 0 amide bonds. The van der Waals surface area contributed by atoms with Gasteiger partial charge in [-0.3, -0.25) is 4.90 Å². The molecule has 1 aliphatic carbocycles. The average Bonchev–Trinajstić information content (AvgIpc) is 2.62. The zero-order chi connectivity index (χ0) is 15.6. The third-order valence-corrected chi connectivity index (χ3v) is 5.97. The van der Waals surface area contributed by atoms with Crippen molar-refractivity contribution in [3.8, 4) is 0 Å². The van der Waals surface area contributed by atoms with E-state index in [1.807, 2.05) is 0 Å². The summed E-state index contributed by atoms with van der Waals surface area (Å²) in [5.41, 5.74) is 1.47. The standard InChI is InChI=1S/C19H28N2O2/c22-18-13-19-16(20-8-11-23-19)12-17(18)21-9-6-15(7-10-21)14-4-2-1-3-5-14/h1-5,15-20,22H,6-13H2/t16-,17-,18-,19-/m1/s1. The topological polar surface area (TPSA) is 44.7 Å². The molecule has 4 atom stereocenters.